The van der Waals surface area contributed by atoms with Gasteiger partial charge in [-0.1, -0.05) is 36.4 Å². The Morgan fingerprint density at radius 3 is 2.38 bits per heavy atom. The van der Waals surface area contributed by atoms with Crippen molar-refractivity contribution in [2.45, 2.75) is 11.4 Å². The van der Waals surface area contributed by atoms with Gasteiger partial charge in [-0.25, -0.2) is 8.42 Å². The van der Waals surface area contributed by atoms with E-state index < -0.39 is 14.9 Å². The minimum atomic E-state index is -3.97. The summed E-state index contributed by atoms with van der Waals surface area (Å²) in [6.07, 6.45) is 0. The van der Waals surface area contributed by atoms with Crippen molar-refractivity contribution in [1.29, 1.82) is 0 Å². The molecule has 3 aromatic rings. The number of para-hydroxylation sites is 2. The third kappa shape index (κ3) is 4.82. The molecule has 0 unspecified atom stereocenters. The molecule has 0 spiro atoms. The lowest BCUT2D eigenvalue weighted by Gasteiger charge is -2.12. The first kappa shape index (κ1) is 20.2. The molecular weight excluding hydrogens is 394 g/mol. The van der Waals surface area contributed by atoms with Crippen LogP contribution in [0.15, 0.2) is 77.7 Å². The van der Waals surface area contributed by atoms with E-state index >= 15 is 0 Å². The van der Waals surface area contributed by atoms with Crippen LogP contribution in [0.5, 0.6) is 5.75 Å². The molecule has 8 nitrogen and oxygen atoms in total. The van der Waals surface area contributed by atoms with Gasteiger partial charge in [-0.3, -0.25) is 14.8 Å². The van der Waals surface area contributed by atoms with E-state index in [0.717, 1.165) is 11.6 Å². The Labute approximate surface area is 168 Å². The van der Waals surface area contributed by atoms with Crippen LogP contribution in [0.1, 0.15) is 5.56 Å². The van der Waals surface area contributed by atoms with Crippen molar-refractivity contribution < 1.29 is 18.1 Å². The maximum atomic E-state index is 12.6. The average Bonchev–Trinajstić information content (AvgIpc) is 2.72. The van der Waals surface area contributed by atoms with E-state index in [1.807, 2.05) is 18.2 Å². The van der Waals surface area contributed by atoms with Crippen LogP contribution >= 0.6 is 0 Å². The van der Waals surface area contributed by atoms with Crippen molar-refractivity contribution in [3.63, 3.8) is 0 Å². The van der Waals surface area contributed by atoms with E-state index in [1.54, 1.807) is 43.5 Å². The van der Waals surface area contributed by atoms with Gasteiger partial charge in [0.25, 0.3) is 15.7 Å². The highest BCUT2D eigenvalue weighted by Gasteiger charge is 2.21. The quantitative estimate of drug-likeness (QED) is 0.426. The van der Waals surface area contributed by atoms with Gasteiger partial charge in [-0.2, -0.15) is 0 Å². The average molecular weight is 413 g/mol. The number of rotatable bonds is 8. The molecule has 0 aliphatic heterocycles. The summed E-state index contributed by atoms with van der Waals surface area (Å²) >= 11 is 0. The zero-order chi connectivity index (χ0) is 20.9. The van der Waals surface area contributed by atoms with E-state index in [0.29, 0.717) is 11.4 Å². The topological polar surface area (TPSA) is 111 Å². The molecule has 0 fully saturated rings. The third-order valence-corrected chi connectivity index (χ3v) is 5.54. The number of hydrogen-bond donors (Lipinski definition) is 2. The predicted octanol–water partition coefficient (Wildman–Crippen LogP) is 4.02. The zero-order valence-corrected chi connectivity index (χ0v) is 16.3. The minimum Gasteiger partial charge on any atom is -0.496 e. The monoisotopic (exact) mass is 413 g/mol. The predicted molar refractivity (Wildman–Crippen MR) is 111 cm³/mol. The largest absolute Gasteiger partial charge is 0.496 e. The molecule has 29 heavy (non-hydrogen) atoms. The molecule has 0 saturated carbocycles. The van der Waals surface area contributed by atoms with Crippen LogP contribution < -0.4 is 14.8 Å². The Balaban J connectivity index is 1.86. The number of nitrogens with zero attached hydrogens (tertiary/aromatic N) is 1. The number of ether oxygens (including phenoxy) is 1. The molecule has 0 radical (unpaired) electrons. The Morgan fingerprint density at radius 1 is 1.00 bits per heavy atom. The third-order valence-electron chi connectivity index (χ3n) is 4.16. The van der Waals surface area contributed by atoms with E-state index in [-0.39, 0.29) is 22.8 Å². The lowest BCUT2D eigenvalue weighted by molar-refractivity contribution is -0.384. The van der Waals surface area contributed by atoms with Gasteiger partial charge in [0.15, 0.2) is 0 Å². The summed E-state index contributed by atoms with van der Waals surface area (Å²) in [6, 6.07) is 19.3. The number of nitrogens with one attached hydrogen (secondary N) is 2. The zero-order valence-electron chi connectivity index (χ0n) is 15.5. The summed E-state index contributed by atoms with van der Waals surface area (Å²) in [4.78, 5) is 10.7. The summed E-state index contributed by atoms with van der Waals surface area (Å²) in [5, 5.41) is 14.5. The number of hydrogen-bond acceptors (Lipinski definition) is 6. The fourth-order valence-corrected chi connectivity index (χ4v) is 3.82. The molecule has 3 aromatic carbocycles. The molecular formula is C20H19N3O5S. The molecule has 0 heterocycles. The molecule has 0 atom stereocenters. The van der Waals surface area contributed by atoms with E-state index in [2.05, 4.69) is 10.0 Å². The van der Waals surface area contributed by atoms with Gasteiger partial charge >= 0.3 is 0 Å². The van der Waals surface area contributed by atoms with Gasteiger partial charge in [0, 0.05) is 23.9 Å². The molecule has 0 saturated heterocycles. The normalized spacial score (nSPS) is 10.9. The lowest BCUT2D eigenvalue weighted by Crippen LogP contribution is -2.13. The molecule has 150 valence electrons. The summed E-state index contributed by atoms with van der Waals surface area (Å²) in [6.45, 7) is 0.277. The van der Waals surface area contributed by atoms with Gasteiger partial charge in [0.1, 0.15) is 11.4 Å². The number of nitro groups is 1. The van der Waals surface area contributed by atoms with Crippen LogP contribution in [0.3, 0.4) is 0 Å². The van der Waals surface area contributed by atoms with Crippen molar-refractivity contribution in [3.8, 4) is 5.75 Å². The van der Waals surface area contributed by atoms with Crippen LogP contribution in [0.25, 0.3) is 0 Å². The Morgan fingerprint density at radius 2 is 1.69 bits per heavy atom. The van der Waals surface area contributed by atoms with Crippen molar-refractivity contribution in [1.82, 2.24) is 0 Å². The maximum absolute atomic E-state index is 12.6. The summed E-state index contributed by atoms with van der Waals surface area (Å²) in [7, 11) is -2.42. The highest BCUT2D eigenvalue weighted by atomic mass is 32.2. The summed E-state index contributed by atoms with van der Waals surface area (Å²) in [5.74, 6) is 0.647. The van der Waals surface area contributed by atoms with Gasteiger partial charge in [-0.15, -0.1) is 0 Å². The SMILES string of the molecule is COc1ccccc1CNc1ccc(S(=O)(=O)Nc2ccccc2)cc1[N+](=O)[O-]. The highest BCUT2D eigenvalue weighted by Crippen LogP contribution is 2.29. The maximum Gasteiger partial charge on any atom is 0.293 e. The first-order valence-corrected chi connectivity index (χ1v) is 10.1. The second-order valence-electron chi connectivity index (χ2n) is 6.07. The Hall–Kier alpha value is -3.59. The van der Waals surface area contributed by atoms with Crippen LogP contribution in [0.4, 0.5) is 17.1 Å². The van der Waals surface area contributed by atoms with Crippen molar-refractivity contribution >= 4 is 27.1 Å². The fourth-order valence-electron chi connectivity index (χ4n) is 2.74. The number of methoxy groups -OCH3 is 1. The van der Waals surface area contributed by atoms with Gasteiger partial charge in [0.05, 0.1) is 16.9 Å². The number of benzene rings is 3. The van der Waals surface area contributed by atoms with Crippen LogP contribution in [0, 0.1) is 10.1 Å². The van der Waals surface area contributed by atoms with Crippen LogP contribution in [-0.4, -0.2) is 20.5 Å². The van der Waals surface area contributed by atoms with Crippen molar-refractivity contribution in [3.05, 3.63) is 88.5 Å². The van der Waals surface area contributed by atoms with Crippen LogP contribution in [0.2, 0.25) is 0 Å². The van der Waals surface area contributed by atoms with Gasteiger partial charge < -0.3 is 10.1 Å². The second-order valence-corrected chi connectivity index (χ2v) is 7.76. The Kier molecular flexibility index (Phi) is 5.99. The van der Waals surface area contributed by atoms with Crippen molar-refractivity contribution in [2.24, 2.45) is 0 Å². The molecule has 2 N–H and O–H groups in total. The second kappa shape index (κ2) is 8.61. The van der Waals surface area contributed by atoms with Gasteiger partial charge in [0.2, 0.25) is 0 Å². The van der Waals surface area contributed by atoms with E-state index in [4.69, 9.17) is 4.74 Å². The van der Waals surface area contributed by atoms with E-state index in [1.165, 1.54) is 12.1 Å². The fraction of sp³-hybridized carbons (Fsp3) is 0.100. The molecule has 0 aliphatic rings. The standard InChI is InChI=1S/C20H19N3O5S/c1-28-20-10-6-5-7-15(20)14-21-18-12-11-17(13-19(18)23(24)25)29(26,27)22-16-8-3-2-4-9-16/h2-13,21-22H,14H2,1H3. The highest BCUT2D eigenvalue weighted by molar-refractivity contribution is 7.92. The number of nitro benzene ring substituents is 1. The van der Waals surface area contributed by atoms with Crippen molar-refractivity contribution in [2.75, 3.05) is 17.1 Å². The van der Waals surface area contributed by atoms with E-state index in [9.17, 15) is 18.5 Å². The number of anilines is 2. The molecule has 0 amide bonds. The molecule has 0 aromatic heterocycles. The smallest absolute Gasteiger partial charge is 0.293 e. The minimum absolute atomic E-state index is 0.198. The molecule has 0 aliphatic carbocycles. The number of sulfonamides is 1. The summed E-state index contributed by atoms with van der Waals surface area (Å²) < 4.78 is 32.8. The van der Waals surface area contributed by atoms with Gasteiger partial charge in [-0.05, 0) is 30.3 Å². The Bertz CT molecular complexity index is 1120. The molecule has 3 rings (SSSR count). The van der Waals surface area contributed by atoms with Crippen LogP contribution in [-0.2, 0) is 16.6 Å². The first-order chi connectivity index (χ1) is 13.9. The molecule has 0 bridgehead atoms. The first-order valence-electron chi connectivity index (χ1n) is 8.63. The lowest BCUT2D eigenvalue weighted by atomic mass is 10.2. The summed E-state index contributed by atoms with van der Waals surface area (Å²) in [5.41, 5.74) is 1.05. The molecule has 9 heteroatoms.